The lowest BCUT2D eigenvalue weighted by molar-refractivity contribution is 0.102. The number of amides is 1. The number of nitrogens with zero attached hydrogens (tertiary/aromatic N) is 1. The summed E-state index contributed by atoms with van der Waals surface area (Å²) in [5.74, 6) is 1.13. The Kier molecular flexibility index (Phi) is 4.34. The number of rotatable bonds is 4. The molecule has 0 saturated carbocycles. The van der Waals surface area contributed by atoms with Crippen LogP contribution in [0.2, 0.25) is 0 Å². The second kappa shape index (κ2) is 6.80. The lowest BCUT2D eigenvalue weighted by Gasteiger charge is -2.15. The molecule has 1 aromatic heterocycles. The number of carbonyl (C=O) groups is 1. The van der Waals surface area contributed by atoms with Crippen LogP contribution in [-0.2, 0) is 12.8 Å². The van der Waals surface area contributed by atoms with Crippen molar-refractivity contribution < 1.29 is 14.3 Å². The van der Waals surface area contributed by atoms with Crippen molar-refractivity contribution in [2.75, 3.05) is 19.5 Å². The molecular weight excluding hydrogens is 348 g/mol. The molecule has 0 spiro atoms. The Balaban J connectivity index is 1.65. The first kappa shape index (κ1) is 16.6. The van der Waals surface area contributed by atoms with E-state index in [1.165, 1.54) is 21.8 Å². The van der Waals surface area contributed by atoms with Crippen molar-refractivity contribution in [3.8, 4) is 22.8 Å². The van der Waals surface area contributed by atoms with Crippen molar-refractivity contribution in [3.63, 3.8) is 0 Å². The molecule has 1 amide bonds. The maximum Gasteiger partial charge on any atom is 0.261 e. The van der Waals surface area contributed by atoms with E-state index in [-0.39, 0.29) is 5.91 Å². The zero-order valence-corrected chi connectivity index (χ0v) is 15.4. The Morgan fingerprint density at radius 2 is 1.96 bits per heavy atom. The number of thiazole rings is 1. The fraction of sp³-hybridized carbons (Fsp3) is 0.200. The smallest absolute Gasteiger partial charge is 0.261 e. The average Bonchev–Trinajstić information content (AvgIpc) is 3.10. The third-order valence-corrected chi connectivity index (χ3v) is 5.49. The van der Waals surface area contributed by atoms with Gasteiger partial charge in [-0.25, -0.2) is 4.98 Å². The normalized spacial score (nSPS) is 12.1. The molecule has 0 unspecified atom stereocenters. The van der Waals surface area contributed by atoms with Gasteiger partial charge in [0.15, 0.2) is 5.13 Å². The molecule has 4 rings (SSSR count). The number of hydrogen-bond acceptors (Lipinski definition) is 5. The lowest BCUT2D eigenvalue weighted by atomic mass is 9.93. The first-order valence-corrected chi connectivity index (χ1v) is 9.12. The molecule has 2 aromatic carbocycles. The van der Waals surface area contributed by atoms with Crippen molar-refractivity contribution in [1.29, 1.82) is 0 Å². The zero-order valence-electron chi connectivity index (χ0n) is 14.5. The number of aryl methyl sites for hydroxylation is 2. The quantitative estimate of drug-likeness (QED) is 0.752. The van der Waals surface area contributed by atoms with Crippen LogP contribution in [0.4, 0.5) is 5.13 Å². The van der Waals surface area contributed by atoms with Gasteiger partial charge in [0, 0.05) is 10.4 Å². The minimum atomic E-state index is -0.223. The summed E-state index contributed by atoms with van der Waals surface area (Å²) in [6, 6.07) is 13.2. The molecule has 5 nitrogen and oxygen atoms in total. The maximum atomic E-state index is 12.6. The number of fused-ring (bicyclic) bond motifs is 3. The minimum Gasteiger partial charge on any atom is -0.497 e. The SMILES string of the molecule is COc1ccc2c(c1)-c1nc(NC(=O)c3ccccc3OC)sc1CC2. The fourth-order valence-corrected chi connectivity index (χ4v) is 4.12. The number of ether oxygens (including phenoxy) is 2. The highest BCUT2D eigenvalue weighted by Gasteiger charge is 2.23. The van der Waals surface area contributed by atoms with E-state index in [0.717, 1.165) is 29.8 Å². The van der Waals surface area contributed by atoms with Gasteiger partial charge in [-0.3, -0.25) is 10.1 Å². The van der Waals surface area contributed by atoms with Crippen LogP contribution in [0.3, 0.4) is 0 Å². The van der Waals surface area contributed by atoms with Gasteiger partial charge in [-0.1, -0.05) is 18.2 Å². The third kappa shape index (κ3) is 2.93. The molecule has 0 aliphatic heterocycles. The van der Waals surface area contributed by atoms with Crippen LogP contribution >= 0.6 is 11.3 Å². The van der Waals surface area contributed by atoms with Crippen LogP contribution in [0, 0.1) is 0 Å². The molecule has 0 fully saturated rings. The van der Waals surface area contributed by atoms with Crippen molar-refractivity contribution in [2.24, 2.45) is 0 Å². The number of aromatic nitrogens is 1. The molecule has 3 aromatic rings. The van der Waals surface area contributed by atoms with Crippen molar-refractivity contribution in [1.82, 2.24) is 4.98 Å². The summed E-state index contributed by atoms with van der Waals surface area (Å²) < 4.78 is 10.6. The lowest BCUT2D eigenvalue weighted by Crippen LogP contribution is -2.12. The van der Waals surface area contributed by atoms with Gasteiger partial charge < -0.3 is 9.47 Å². The molecule has 1 N–H and O–H groups in total. The molecule has 1 aliphatic carbocycles. The van der Waals surface area contributed by atoms with Gasteiger partial charge in [-0.15, -0.1) is 11.3 Å². The fourth-order valence-electron chi connectivity index (χ4n) is 3.15. The third-order valence-electron chi connectivity index (χ3n) is 4.46. The molecule has 0 bridgehead atoms. The Bertz CT molecular complexity index is 981. The summed E-state index contributed by atoms with van der Waals surface area (Å²) >= 11 is 1.52. The first-order valence-electron chi connectivity index (χ1n) is 8.31. The van der Waals surface area contributed by atoms with Gasteiger partial charge in [0.05, 0.1) is 25.5 Å². The number of hydrogen-bond donors (Lipinski definition) is 1. The van der Waals surface area contributed by atoms with Gasteiger partial charge in [-0.2, -0.15) is 0 Å². The second-order valence-corrected chi connectivity index (χ2v) is 7.05. The van der Waals surface area contributed by atoms with Crippen LogP contribution in [0.1, 0.15) is 20.8 Å². The number of methoxy groups -OCH3 is 2. The predicted octanol–water partition coefficient (Wildman–Crippen LogP) is 4.18. The minimum absolute atomic E-state index is 0.223. The van der Waals surface area contributed by atoms with E-state index in [0.29, 0.717) is 16.4 Å². The van der Waals surface area contributed by atoms with Gasteiger partial charge in [0.25, 0.3) is 5.91 Å². The molecule has 0 atom stereocenters. The highest BCUT2D eigenvalue weighted by molar-refractivity contribution is 7.16. The Morgan fingerprint density at radius 3 is 2.77 bits per heavy atom. The predicted molar refractivity (Wildman–Crippen MR) is 102 cm³/mol. The van der Waals surface area contributed by atoms with E-state index in [1.54, 1.807) is 26.4 Å². The maximum absolute atomic E-state index is 12.6. The standard InChI is InChI=1S/C20H18N2O3S/c1-24-13-9-7-12-8-10-17-18(15(12)11-13)21-20(26-17)22-19(23)14-5-3-4-6-16(14)25-2/h3-7,9,11H,8,10H2,1-2H3,(H,21,22,23). The highest BCUT2D eigenvalue weighted by Crippen LogP contribution is 2.39. The topological polar surface area (TPSA) is 60.5 Å². The van der Waals surface area contributed by atoms with Crippen molar-refractivity contribution in [3.05, 3.63) is 58.5 Å². The summed E-state index contributed by atoms with van der Waals surface area (Å²) in [4.78, 5) is 18.5. The van der Waals surface area contributed by atoms with E-state index >= 15 is 0 Å². The number of carbonyl (C=O) groups excluding carboxylic acids is 1. The van der Waals surface area contributed by atoms with Crippen LogP contribution in [0.15, 0.2) is 42.5 Å². The number of nitrogens with one attached hydrogen (secondary N) is 1. The summed E-state index contributed by atoms with van der Waals surface area (Å²) in [7, 11) is 3.21. The van der Waals surface area contributed by atoms with Crippen molar-refractivity contribution >= 4 is 22.4 Å². The van der Waals surface area contributed by atoms with E-state index in [4.69, 9.17) is 9.47 Å². The first-order chi connectivity index (χ1) is 12.7. The van der Waals surface area contributed by atoms with E-state index < -0.39 is 0 Å². The summed E-state index contributed by atoms with van der Waals surface area (Å²) in [5.41, 5.74) is 3.77. The molecule has 1 heterocycles. The zero-order chi connectivity index (χ0) is 18.1. The van der Waals surface area contributed by atoms with Crippen molar-refractivity contribution in [2.45, 2.75) is 12.8 Å². The molecule has 6 heteroatoms. The Hall–Kier alpha value is -2.86. The second-order valence-electron chi connectivity index (χ2n) is 5.97. The molecular formula is C20H18N2O3S. The number of para-hydroxylation sites is 1. The molecule has 132 valence electrons. The van der Waals surface area contributed by atoms with Crippen LogP contribution in [-0.4, -0.2) is 25.1 Å². The van der Waals surface area contributed by atoms with Crippen LogP contribution in [0.5, 0.6) is 11.5 Å². The van der Waals surface area contributed by atoms with Gasteiger partial charge in [0.1, 0.15) is 11.5 Å². The number of anilines is 1. The van der Waals surface area contributed by atoms with E-state index in [2.05, 4.69) is 16.4 Å². The van der Waals surface area contributed by atoms with Crippen LogP contribution in [0.25, 0.3) is 11.3 Å². The molecule has 0 radical (unpaired) electrons. The van der Waals surface area contributed by atoms with Gasteiger partial charge in [-0.05, 0) is 42.7 Å². The largest absolute Gasteiger partial charge is 0.497 e. The molecule has 1 aliphatic rings. The summed E-state index contributed by atoms with van der Waals surface area (Å²) in [5, 5.41) is 3.51. The highest BCUT2D eigenvalue weighted by atomic mass is 32.1. The van der Waals surface area contributed by atoms with Gasteiger partial charge >= 0.3 is 0 Å². The van der Waals surface area contributed by atoms with Gasteiger partial charge in [0.2, 0.25) is 0 Å². The average molecular weight is 366 g/mol. The summed E-state index contributed by atoms with van der Waals surface area (Å²) in [6.45, 7) is 0. The molecule has 26 heavy (non-hydrogen) atoms. The monoisotopic (exact) mass is 366 g/mol. The Labute approximate surface area is 155 Å². The van der Waals surface area contributed by atoms with Crippen LogP contribution < -0.4 is 14.8 Å². The van der Waals surface area contributed by atoms with E-state index in [9.17, 15) is 4.79 Å². The summed E-state index contributed by atoms with van der Waals surface area (Å²) in [6.07, 6.45) is 1.89. The Morgan fingerprint density at radius 1 is 1.12 bits per heavy atom. The number of benzene rings is 2. The molecule has 0 saturated heterocycles. The van der Waals surface area contributed by atoms with E-state index in [1.807, 2.05) is 24.3 Å².